The Labute approximate surface area is 97.4 Å². The summed E-state index contributed by atoms with van der Waals surface area (Å²) in [5.74, 6) is 0. The maximum Gasteiger partial charge on any atom is 0.141 e. The lowest BCUT2D eigenvalue weighted by atomic mass is 10.1. The molecule has 0 bridgehead atoms. The van der Waals surface area contributed by atoms with Crippen LogP contribution in [-0.2, 0) is 0 Å². The molecule has 1 aromatic rings. The SMILES string of the molecule is FC1(CNc2ccccc2Br)CCNC1. The van der Waals surface area contributed by atoms with Gasteiger partial charge in [-0.05, 0) is 41.0 Å². The van der Waals surface area contributed by atoms with Gasteiger partial charge in [0.1, 0.15) is 5.67 Å². The Morgan fingerprint density at radius 1 is 1.47 bits per heavy atom. The summed E-state index contributed by atoms with van der Waals surface area (Å²) in [6.45, 7) is 1.58. The highest BCUT2D eigenvalue weighted by atomic mass is 79.9. The molecule has 1 aliphatic heterocycles. The molecule has 0 aromatic heterocycles. The summed E-state index contributed by atoms with van der Waals surface area (Å²) in [5.41, 5.74) is -0.156. The zero-order valence-electron chi connectivity index (χ0n) is 8.39. The van der Waals surface area contributed by atoms with Crippen molar-refractivity contribution in [2.75, 3.05) is 25.0 Å². The highest BCUT2D eigenvalue weighted by molar-refractivity contribution is 9.10. The Balaban J connectivity index is 1.95. The first-order valence-electron chi connectivity index (χ1n) is 5.08. The van der Waals surface area contributed by atoms with E-state index >= 15 is 0 Å². The van der Waals surface area contributed by atoms with Crippen LogP contribution in [0.25, 0.3) is 0 Å². The van der Waals surface area contributed by atoms with E-state index in [2.05, 4.69) is 26.6 Å². The molecule has 0 saturated carbocycles. The second-order valence-electron chi connectivity index (χ2n) is 3.91. The van der Waals surface area contributed by atoms with Gasteiger partial charge in [-0.3, -0.25) is 0 Å². The molecular formula is C11H14BrFN2. The van der Waals surface area contributed by atoms with Crippen molar-refractivity contribution in [1.29, 1.82) is 0 Å². The minimum absolute atomic E-state index is 0.364. The van der Waals surface area contributed by atoms with E-state index in [9.17, 15) is 4.39 Å². The average Bonchev–Trinajstić information content (AvgIpc) is 2.65. The zero-order chi connectivity index (χ0) is 10.7. The Hall–Kier alpha value is -0.610. The Bertz CT molecular complexity index is 337. The molecule has 2 rings (SSSR count). The van der Waals surface area contributed by atoms with Crippen molar-refractivity contribution in [2.45, 2.75) is 12.1 Å². The zero-order valence-corrected chi connectivity index (χ0v) is 9.98. The van der Waals surface area contributed by atoms with Crippen LogP contribution < -0.4 is 10.6 Å². The lowest BCUT2D eigenvalue weighted by Gasteiger charge is -2.19. The quantitative estimate of drug-likeness (QED) is 0.884. The van der Waals surface area contributed by atoms with Gasteiger partial charge in [0.05, 0.1) is 6.54 Å². The van der Waals surface area contributed by atoms with Gasteiger partial charge in [-0.1, -0.05) is 12.1 Å². The summed E-state index contributed by atoms with van der Waals surface area (Å²) in [6, 6.07) is 7.76. The summed E-state index contributed by atoms with van der Waals surface area (Å²) >= 11 is 3.42. The fourth-order valence-electron chi connectivity index (χ4n) is 1.72. The largest absolute Gasteiger partial charge is 0.381 e. The molecule has 2 nitrogen and oxygen atoms in total. The van der Waals surface area contributed by atoms with Gasteiger partial charge in [0, 0.05) is 16.7 Å². The first-order chi connectivity index (χ1) is 7.20. The van der Waals surface area contributed by atoms with Crippen LogP contribution in [0.2, 0.25) is 0 Å². The molecule has 1 aliphatic rings. The maximum absolute atomic E-state index is 14.0. The first kappa shape index (κ1) is 10.9. The Morgan fingerprint density at radius 2 is 2.27 bits per heavy atom. The number of anilines is 1. The fourth-order valence-corrected chi connectivity index (χ4v) is 2.15. The second kappa shape index (κ2) is 4.49. The van der Waals surface area contributed by atoms with Gasteiger partial charge in [-0.15, -0.1) is 0 Å². The molecule has 1 atom stereocenters. The van der Waals surface area contributed by atoms with E-state index in [0.29, 0.717) is 19.5 Å². The second-order valence-corrected chi connectivity index (χ2v) is 4.77. The molecule has 0 spiro atoms. The van der Waals surface area contributed by atoms with E-state index < -0.39 is 5.67 Å². The number of alkyl halides is 1. The van der Waals surface area contributed by atoms with Crippen LogP contribution >= 0.6 is 15.9 Å². The number of halogens is 2. The molecule has 0 aliphatic carbocycles. The summed E-state index contributed by atoms with van der Waals surface area (Å²) < 4.78 is 15.0. The molecular weight excluding hydrogens is 259 g/mol. The predicted octanol–water partition coefficient (Wildman–Crippen LogP) is 2.56. The van der Waals surface area contributed by atoms with Crippen molar-refractivity contribution in [2.24, 2.45) is 0 Å². The van der Waals surface area contributed by atoms with Crippen molar-refractivity contribution in [3.8, 4) is 0 Å². The van der Waals surface area contributed by atoms with E-state index in [-0.39, 0.29) is 0 Å². The standard InChI is InChI=1S/C11H14BrFN2/c12-9-3-1-2-4-10(9)15-8-11(13)5-6-14-7-11/h1-4,14-15H,5-8H2. The van der Waals surface area contributed by atoms with Gasteiger partial charge in [0.25, 0.3) is 0 Å². The highest BCUT2D eigenvalue weighted by Gasteiger charge is 2.33. The Morgan fingerprint density at radius 3 is 2.93 bits per heavy atom. The normalized spacial score (nSPS) is 25.5. The lowest BCUT2D eigenvalue weighted by molar-refractivity contribution is 0.208. The van der Waals surface area contributed by atoms with E-state index in [0.717, 1.165) is 16.7 Å². The van der Waals surface area contributed by atoms with Crippen molar-refractivity contribution in [3.05, 3.63) is 28.7 Å². The molecule has 1 aromatic carbocycles. The van der Waals surface area contributed by atoms with Crippen LogP contribution in [0.5, 0.6) is 0 Å². The van der Waals surface area contributed by atoms with Crippen molar-refractivity contribution < 1.29 is 4.39 Å². The molecule has 4 heteroatoms. The predicted molar refractivity (Wildman–Crippen MR) is 64.0 cm³/mol. The van der Waals surface area contributed by atoms with Gasteiger partial charge in [-0.25, -0.2) is 4.39 Å². The molecule has 0 amide bonds. The number of hydrogen-bond acceptors (Lipinski definition) is 2. The summed E-state index contributed by atoms with van der Waals surface area (Å²) in [7, 11) is 0. The van der Waals surface area contributed by atoms with Crippen LogP contribution in [0.1, 0.15) is 6.42 Å². The number of hydrogen-bond donors (Lipinski definition) is 2. The van der Waals surface area contributed by atoms with E-state index in [1.807, 2.05) is 24.3 Å². The Kier molecular flexibility index (Phi) is 3.26. The minimum atomic E-state index is -1.10. The molecule has 1 heterocycles. The van der Waals surface area contributed by atoms with Crippen molar-refractivity contribution in [1.82, 2.24) is 5.32 Å². The van der Waals surface area contributed by atoms with E-state index in [4.69, 9.17) is 0 Å². The first-order valence-corrected chi connectivity index (χ1v) is 5.87. The average molecular weight is 273 g/mol. The third kappa shape index (κ3) is 2.69. The lowest BCUT2D eigenvalue weighted by Crippen LogP contribution is -2.34. The summed E-state index contributed by atoms with van der Waals surface area (Å²) in [6.07, 6.45) is 0.588. The summed E-state index contributed by atoms with van der Waals surface area (Å²) in [4.78, 5) is 0. The number of nitrogens with one attached hydrogen (secondary N) is 2. The van der Waals surface area contributed by atoms with Gasteiger partial charge in [0.2, 0.25) is 0 Å². The third-order valence-electron chi connectivity index (χ3n) is 2.66. The molecule has 1 saturated heterocycles. The van der Waals surface area contributed by atoms with Gasteiger partial charge in [0.15, 0.2) is 0 Å². The van der Waals surface area contributed by atoms with Crippen molar-refractivity contribution >= 4 is 21.6 Å². The van der Waals surface area contributed by atoms with Crippen molar-refractivity contribution in [3.63, 3.8) is 0 Å². The molecule has 0 radical (unpaired) electrons. The molecule has 2 N–H and O–H groups in total. The van der Waals surface area contributed by atoms with Crippen LogP contribution in [0.3, 0.4) is 0 Å². The number of rotatable bonds is 3. The molecule has 82 valence electrons. The monoisotopic (exact) mass is 272 g/mol. The number of para-hydroxylation sites is 1. The highest BCUT2D eigenvalue weighted by Crippen LogP contribution is 2.24. The molecule has 1 fully saturated rings. The minimum Gasteiger partial charge on any atom is -0.381 e. The van der Waals surface area contributed by atoms with E-state index in [1.54, 1.807) is 0 Å². The van der Waals surface area contributed by atoms with E-state index in [1.165, 1.54) is 0 Å². The van der Waals surface area contributed by atoms with Gasteiger partial charge in [-0.2, -0.15) is 0 Å². The smallest absolute Gasteiger partial charge is 0.141 e. The fraction of sp³-hybridized carbons (Fsp3) is 0.455. The van der Waals surface area contributed by atoms with Crippen LogP contribution in [-0.4, -0.2) is 25.3 Å². The topological polar surface area (TPSA) is 24.1 Å². The molecule has 15 heavy (non-hydrogen) atoms. The van der Waals surface area contributed by atoms with Gasteiger partial charge < -0.3 is 10.6 Å². The van der Waals surface area contributed by atoms with Crippen LogP contribution in [0, 0.1) is 0 Å². The van der Waals surface area contributed by atoms with Crippen LogP contribution in [0.4, 0.5) is 10.1 Å². The number of benzene rings is 1. The van der Waals surface area contributed by atoms with Gasteiger partial charge >= 0.3 is 0 Å². The summed E-state index contributed by atoms with van der Waals surface area (Å²) in [5, 5.41) is 6.17. The maximum atomic E-state index is 14.0. The molecule has 1 unspecified atom stereocenters. The third-order valence-corrected chi connectivity index (χ3v) is 3.35. The van der Waals surface area contributed by atoms with Crippen LogP contribution in [0.15, 0.2) is 28.7 Å².